The van der Waals surface area contributed by atoms with Crippen molar-refractivity contribution in [3.05, 3.63) is 36.9 Å². The van der Waals surface area contributed by atoms with E-state index in [0.29, 0.717) is 24.5 Å². The maximum absolute atomic E-state index is 11.8. The summed E-state index contributed by atoms with van der Waals surface area (Å²) in [5.41, 5.74) is 0.600. The first kappa shape index (κ1) is 13.1. The first-order valence-electron chi connectivity index (χ1n) is 5.99. The van der Waals surface area contributed by atoms with Crippen molar-refractivity contribution in [1.82, 2.24) is 0 Å². The summed E-state index contributed by atoms with van der Waals surface area (Å²) in [5.74, 6) is -1.50. The Labute approximate surface area is 110 Å². The number of ether oxygens (including phenoxy) is 1. The Morgan fingerprint density at radius 1 is 1.47 bits per heavy atom. The van der Waals surface area contributed by atoms with Crippen molar-refractivity contribution in [3.63, 3.8) is 0 Å². The SMILES string of the molecule is C=CCOc1cccc(NC(=O)[C@H]2C[C@H]2C(=O)O)c1. The van der Waals surface area contributed by atoms with Gasteiger partial charge in [0.2, 0.25) is 5.91 Å². The van der Waals surface area contributed by atoms with Crippen molar-refractivity contribution in [2.24, 2.45) is 11.8 Å². The lowest BCUT2D eigenvalue weighted by atomic mass is 10.2. The quantitative estimate of drug-likeness (QED) is 0.767. The Balaban J connectivity index is 1.94. The number of anilines is 1. The van der Waals surface area contributed by atoms with E-state index in [0.717, 1.165) is 0 Å². The number of benzene rings is 1. The molecule has 2 atom stereocenters. The number of hydrogen-bond acceptors (Lipinski definition) is 3. The summed E-state index contributed by atoms with van der Waals surface area (Å²) in [6.45, 7) is 3.94. The van der Waals surface area contributed by atoms with Crippen LogP contribution in [0.1, 0.15) is 6.42 Å². The monoisotopic (exact) mass is 261 g/mol. The van der Waals surface area contributed by atoms with E-state index in [2.05, 4.69) is 11.9 Å². The van der Waals surface area contributed by atoms with Crippen LogP contribution in [-0.2, 0) is 9.59 Å². The van der Waals surface area contributed by atoms with Gasteiger partial charge in [-0.25, -0.2) is 0 Å². The van der Waals surface area contributed by atoms with Crippen molar-refractivity contribution in [3.8, 4) is 5.75 Å². The van der Waals surface area contributed by atoms with Gasteiger partial charge < -0.3 is 15.2 Å². The van der Waals surface area contributed by atoms with Crippen LogP contribution in [-0.4, -0.2) is 23.6 Å². The van der Waals surface area contributed by atoms with Gasteiger partial charge in [-0.1, -0.05) is 18.7 Å². The fraction of sp³-hybridized carbons (Fsp3) is 0.286. The average molecular weight is 261 g/mol. The molecule has 2 rings (SSSR count). The molecular formula is C14H15NO4. The fourth-order valence-electron chi connectivity index (χ4n) is 1.81. The Morgan fingerprint density at radius 2 is 2.26 bits per heavy atom. The van der Waals surface area contributed by atoms with Crippen LogP contribution in [0.5, 0.6) is 5.75 Å². The van der Waals surface area contributed by atoms with Gasteiger partial charge in [0, 0.05) is 11.8 Å². The van der Waals surface area contributed by atoms with E-state index in [1.54, 1.807) is 30.3 Å². The highest BCUT2D eigenvalue weighted by Gasteiger charge is 2.48. The molecule has 0 heterocycles. The molecule has 0 aliphatic heterocycles. The van der Waals surface area contributed by atoms with Crippen LogP contribution < -0.4 is 10.1 Å². The smallest absolute Gasteiger partial charge is 0.307 e. The maximum atomic E-state index is 11.8. The molecule has 1 aliphatic rings. The van der Waals surface area contributed by atoms with Crippen LogP contribution in [0.3, 0.4) is 0 Å². The number of carbonyl (C=O) groups excluding carboxylic acids is 1. The molecule has 5 nitrogen and oxygen atoms in total. The Kier molecular flexibility index (Phi) is 3.85. The zero-order valence-corrected chi connectivity index (χ0v) is 10.3. The number of carboxylic acids is 1. The molecule has 19 heavy (non-hydrogen) atoms. The molecule has 2 N–H and O–H groups in total. The highest BCUT2D eigenvalue weighted by atomic mass is 16.5. The van der Waals surface area contributed by atoms with Crippen molar-refractivity contribution >= 4 is 17.6 Å². The predicted octanol–water partition coefficient (Wildman–Crippen LogP) is 1.91. The van der Waals surface area contributed by atoms with Gasteiger partial charge in [0.25, 0.3) is 0 Å². The lowest BCUT2D eigenvalue weighted by Gasteiger charge is -2.07. The van der Waals surface area contributed by atoms with Crippen molar-refractivity contribution in [2.75, 3.05) is 11.9 Å². The van der Waals surface area contributed by atoms with Gasteiger partial charge in [-0.2, -0.15) is 0 Å². The summed E-state index contributed by atoms with van der Waals surface area (Å²) in [5, 5.41) is 11.5. The molecular weight excluding hydrogens is 246 g/mol. The van der Waals surface area contributed by atoms with Gasteiger partial charge in [0.1, 0.15) is 12.4 Å². The number of hydrogen-bond donors (Lipinski definition) is 2. The second-order valence-corrected chi connectivity index (χ2v) is 4.40. The van der Waals surface area contributed by atoms with E-state index in [-0.39, 0.29) is 5.91 Å². The van der Waals surface area contributed by atoms with E-state index in [1.165, 1.54) is 0 Å². The summed E-state index contributed by atoms with van der Waals surface area (Å²) < 4.78 is 5.35. The lowest BCUT2D eigenvalue weighted by molar-refractivity contribution is -0.139. The van der Waals surface area contributed by atoms with Crippen molar-refractivity contribution < 1.29 is 19.4 Å². The molecule has 1 aliphatic carbocycles. The van der Waals surface area contributed by atoms with Crippen LogP contribution in [0.4, 0.5) is 5.69 Å². The van der Waals surface area contributed by atoms with Gasteiger partial charge >= 0.3 is 5.97 Å². The van der Waals surface area contributed by atoms with E-state index in [4.69, 9.17) is 9.84 Å². The molecule has 5 heteroatoms. The van der Waals surface area contributed by atoms with Crippen LogP contribution in [0.25, 0.3) is 0 Å². The van der Waals surface area contributed by atoms with Gasteiger partial charge in [0.15, 0.2) is 0 Å². The zero-order valence-electron chi connectivity index (χ0n) is 10.3. The second kappa shape index (κ2) is 5.56. The highest BCUT2D eigenvalue weighted by Crippen LogP contribution is 2.39. The fourth-order valence-corrected chi connectivity index (χ4v) is 1.81. The number of aliphatic carboxylic acids is 1. The van der Waals surface area contributed by atoms with E-state index in [1.807, 2.05) is 0 Å². The minimum absolute atomic E-state index is 0.256. The molecule has 0 radical (unpaired) electrons. The summed E-state index contributed by atoms with van der Waals surface area (Å²) in [6, 6.07) is 6.96. The highest BCUT2D eigenvalue weighted by molar-refractivity contribution is 5.98. The Hall–Kier alpha value is -2.30. The third kappa shape index (κ3) is 3.34. The lowest BCUT2D eigenvalue weighted by Crippen LogP contribution is -2.16. The second-order valence-electron chi connectivity index (χ2n) is 4.40. The number of amides is 1. The normalized spacial score (nSPS) is 20.4. The van der Waals surface area contributed by atoms with Gasteiger partial charge in [-0.05, 0) is 18.6 Å². The predicted molar refractivity (Wildman–Crippen MR) is 70.0 cm³/mol. The summed E-state index contributed by atoms with van der Waals surface area (Å²) in [4.78, 5) is 22.5. The van der Waals surface area contributed by atoms with Crippen molar-refractivity contribution in [1.29, 1.82) is 0 Å². The molecule has 1 aromatic carbocycles. The molecule has 1 amide bonds. The number of rotatable bonds is 6. The average Bonchev–Trinajstić information content (AvgIpc) is 3.17. The van der Waals surface area contributed by atoms with E-state index < -0.39 is 17.8 Å². The molecule has 100 valence electrons. The first-order valence-corrected chi connectivity index (χ1v) is 5.99. The number of carbonyl (C=O) groups is 2. The van der Waals surface area contributed by atoms with Crippen LogP contribution in [0.15, 0.2) is 36.9 Å². The number of carboxylic acid groups (broad SMARTS) is 1. The van der Waals surface area contributed by atoms with E-state index in [9.17, 15) is 9.59 Å². The molecule has 0 bridgehead atoms. The molecule has 1 fully saturated rings. The van der Waals surface area contributed by atoms with Crippen LogP contribution in [0, 0.1) is 11.8 Å². The van der Waals surface area contributed by atoms with Crippen LogP contribution >= 0.6 is 0 Å². The number of nitrogens with one attached hydrogen (secondary N) is 1. The van der Waals surface area contributed by atoms with Gasteiger partial charge in [0.05, 0.1) is 11.8 Å². The minimum atomic E-state index is -0.914. The van der Waals surface area contributed by atoms with E-state index >= 15 is 0 Å². The van der Waals surface area contributed by atoms with Crippen molar-refractivity contribution in [2.45, 2.75) is 6.42 Å². The largest absolute Gasteiger partial charge is 0.489 e. The van der Waals surface area contributed by atoms with Crippen LogP contribution in [0.2, 0.25) is 0 Å². The Bertz CT molecular complexity index is 512. The molecule has 0 spiro atoms. The minimum Gasteiger partial charge on any atom is -0.489 e. The third-order valence-electron chi connectivity index (χ3n) is 2.91. The summed E-state index contributed by atoms with van der Waals surface area (Å²) in [7, 11) is 0. The molecule has 1 aromatic rings. The molecule has 0 saturated heterocycles. The Morgan fingerprint density at radius 3 is 2.89 bits per heavy atom. The zero-order chi connectivity index (χ0) is 13.8. The first-order chi connectivity index (χ1) is 9.11. The standard InChI is InChI=1S/C14H15NO4/c1-2-6-19-10-5-3-4-9(7-10)15-13(16)11-8-12(11)14(17)18/h2-5,7,11-12H,1,6,8H2,(H,15,16)(H,17,18)/t11-,12+/m0/s1. The molecule has 0 aromatic heterocycles. The topological polar surface area (TPSA) is 75.6 Å². The molecule has 1 saturated carbocycles. The summed E-state index contributed by atoms with van der Waals surface area (Å²) >= 11 is 0. The van der Waals surface area contributed by atoms with Gasteiger partial charge in [-0.15, -0.1) is 0 Å². The molecule has 0 unspecified atom stereocenters. The van der Waals surface area contributed by atoms with Gasteiger partial charge in [-0.3, -0.25) is 9.59 Å². The third-order valence-corrected chi connectivity index (χ3v) is 2.91. The maximum Gasteiger partial charge on any atom is 0.307 e. The summed E-state index contributed by atoms with van der Waals surface area (Å²) in [6.07, 6.45) is 2.04.